The second kappa shape index (κ2) is 7.30. The third kappa shape index (κ3) is 3.17. The summed E-state index contributed by atoms with van der Waals surface area (Å²) in [5.74, 6) is -17.8. The summed E-state index contributed by atoms with van der Waals surface area (Å²) in [4.78, 5) is 11.1. The Hall–Kier alpha value is -3.00. The Morgan fingerprint density at radius 2 is 1.65 bits per heavy atom. The molecule has 0 spiro atoms. The van der Waals surface area contributed by atoms with Crippen LogP contribution in [-0.2, 0) is 6.54 Å². The van der Waals surface area contributed by atoms with Crippen LogP contribution in [0.1, 0.15) is 6.92 Å². The van der Waals surface area contributed by atoms with E-state index in [-0.39, 0.29) is 0 Å². The topological polar surface area (TPSA) is 245 Å². The molecule has 3 aromatic rings. The monoisotopic (exact) mass is 436 g/mol. The van der Waals surface area contributed by atoms with Crippen LogP contribution >= 0.6 is 0 Å². The van der Waals surface area contributed by atoms with Crippen LogP contribution in [0, 0.1) is 17.2 Å². The van der Waals surface area contributed by atoms with Crippen molar-refractivity contribution in [3.8, 4) is 17.3 Å². The highest BCUT2D eigenvalue weighted by Gasteiger charge is 2.83. The maximum Gasteiger partial charge on any atom is 0.280 e. The molecule has 1 saturated carbocycles. The molecule has 0 saturated heterocycles. The molecule has 3 aromatic heterocycles. The van der Waals surface area contributed by atoms with Crippen LogP contribution < -0.4 is 0 Å². The third-order valence-electron chi connectivity index (χ3n) is 5.11. The zero-order valence-electron chi connectivity index (χ0n) is 16.0. The molecule has 166 valence electrons. The van der Waals surface area contributed by atoms with E-state index in [0.717, 1.165) is 4.68 Å². The van der Waals surface area contributed by atoms with Crippen LogP contribution in [0.2, 0.25) is 0 Å². The van der Waals surface area contributed by atoms with Crippen molar-refractivity contribution < 1.29 is 40.9 Å². The fraction of sp³-hybridized carbons (Fsp3) is 0.412. The molecule has 1 aliphatic carbocycles. The van der Waals surface area contributed by atoms with Gasteiger partial charge in [-0.3, -0.25) is 4.68 Å². The largest absolute Gasteiger partial charge is 0.361 e. The van der Waals surface area contributed by atoms with Gasteiger partial charge in [0.2, 0.25) is 11.6 Å². The van der Waals surface area contributed by atoms with E-state index in [2.05, 4.69) is 20.1 Å². The molecule has 0 radical (unpaired) electrons. The van der Waals surface area contributed by atoms with Crippen LogP contribution in [0.15, 0.2) is 31.0 Å². The maximum atomic E-state index is 10.0. The van der Waals surface area contributed by atoms with Gasteiger partial charge in [-0.15, -0.1) is 0 Å². The Kier molecular flexibility index (Phi) is 5.34. The Labute approximate surface area is 173 Å². The van der Waals surface area contributed by atoms with Gasteiger partial charge in [-0.2, -0.15) is 10.4 Å². The SMILES string of the molecule is CC#N.OC1(O)C(Cn2cc(-c3ncnc4[nH]ccc34)cn2)C(O)(O)C(O)(O)C1(O)O. The molecule has 0 atom stereocenters. The summed E-state index contributed by atoms with van der Waals surface area (Å²) in [6.45, 7) is 0.701. The van der Waals surface area contributed by atoms with Gasteiger partial charge >= 0.3 is 0 Å². The molecule has 0 aliphatic heterocycles. The van der Waals surface area contributed by atoms with Gasteiger partial charge in [-0.1, -0.05) is 0 Å². The minimum Gasteiger partial charge on any atom is -0.361 e. The van der Waals surface area contributed by atoms with E-state index in [4.69, 9.17) is 5.26 Å². The van der Waals surface area contributed by atoms with Crippen molar-refractivity contribution in [3.05, 3.63) is 31.0 Å². The van der Waals surface area contributed by atoms with Crippen molar-refractivity contribution >= 4 is 11.0 Å². The fourth-order valence-electron chi connectivity index (χ4n) is 3.41. The maximum absolute atomic E-state index is 10.0. The average Bonchev–Trinajstić information content (AvgIpc) is 3.35. The van der Waals surface area contributed by atoms with Crippen molar-refractivity contribution in [2.75, 3.05) is 0 Å². The zero-order valence-corrected chi connectivity index (χ0v) is 16.0. The number of fused-ring (bicyclic) bond motifs is 1. The van der Waals surface area contributed by atoms with Crippen molar-refractivity contribution in [3.63, 3.8) is 0 Å². The summed E-state index contributed by atoms with van der Waals surface area (Å²) in [6, 6.07) is 3.48. The van der Waals surface area contributed by atoms with Gasteiger partial charge in [0.05, 0.1) is 30.4 Å². The molecule has 31 heavy (non-hydrogen) atoms. The van der Waals surface area contributed by atoms with E-state index in [1.807, 2.05) is 0 Å². The van der Waals surface area contributed by atoms with E-state index in [1.165, 1.54) is 25.6 Å². The van der Waals surface area contributed by atoms with E-state index >= 15 is 0 Å². The van der Waals surface area contributed by atoms with Crippen LogP contribution in [-0.4, -0.2) is 88.7 Å². The molecule has 9 N–H and O–H groups in total. The lowest BCUT2D eigenvalue weighted by molar-refractivity contribution is -0.452. The third-order valence-corrected chi connectivity index (χ3v) is 5.11. The molecule has 0 amide bonds. The highest BCUT2D eigenvalue weighted by Crippen LogP contribution is 2.51. The number of hydrogen-bond donors (Lipinski definition) is 9. The van der Waals surface area contributed by atoms with Crippen molar-refractivity contribution in [1.29, 1.82) is 5.26 Å². The van der Waals surface area contributed by atoms with E-state index < -0.39 is 35.6 Å². The van der Waals surface area contributed by atoms with Gasteiger partial charge in [-0.25, -0.2) is 9.97 Å². The summed E-state index contributed by atoms with van der Waals surface area (Å²) in [6.07, 6.45) is 5.70. The van der Waals surface area contributed by atoms with E-state index in [9.17, 15) is 40.9 Å². The van der Waals surface area contributed by atoms with Crippen LogP contribution in [0.5, 0.6) is 0 Å². The van der Waals surface area contributed by atoms with Gasteiger partial charge in [0, 0.05) is 30.3 Å². The van der Waals surface area contributed by atoms with Crippen LogP contribution in [0.4, 0.5) is 0 Å². The van der Waals surface area contributed by atoms with E-state index in [0.29, 0.717) is 22.3 Å². The molecular formula is C17H20N6O8. The number of rotatable bonds is 3. The normalized spacial score (nSPS) is 20.8. The number of H-pyrrole nitrogens is 1. The first kappa shape index (κ1) is 22.7. The van der Waals surface area contributed by atoms with Gasteiger partial charge < -0.3 is 45.8 Å². The first-order chi connectivity index (χ1) is 14.3. The summed E-state index contributed by atoms with van der Waals surface area (Å²) < 4.78 is 1.03. The van der Waals surface area contributed by atoms with Crippen molar-refractivity contribution in [2.45, 2.75) is 36.6 Å². The highest BCUT2D eigenvalue weighted by atomic mass is 16.7. The summed E-state index contributed by atoms with van der Waals surface area (Å²) in [5.41, 5.74) is 1.52. The minimum absolute atomic E-state index is 0.464. The second-order valence-electron chi connectivity index (χ2n) is 6.99. The lowest BCUT2D eigenvalue weighted by atomic mass is 9.96. The average molecular weight is 436 g/mol. The number of aromatic nitrogens is 5. The number of hydrogen-bond acceptors (Lipinski definition) is 12. The zero-order chi connectivity index (χ0) is 23.2. The second-order valence-corrected chi connectivity index (χ2v) is 6.99. The summed E-state index contributed by atoms with van der Waals surface area (Å²) in [7, 11) is 0. The molecule has 3 heterocycles. The molecule has 14 nitrogen and oxygen atoms in total. The Morgan fingerprint density at radius 3 is 2.23 bits per heavy atom. The first-order valence-electron chi connectivity index (χ1n) is 8.73. The lowest BCUT2D eigenvalue weighted by Gasteiger charge is -2.35. The Morgan fingerprint density at radius 1 is 1.06 bits per heavy atom. The number of nitrogens with one attached hydrogen (secondary N) is 1. The molecule has 1 aliphatic rings. The molecule has 14 heteroatoms. The van der Waals surface area contributed by atoms with Crippen LogP contribution in [0.3, 0.4) is 0 Å². The number of aromatic amines is 1. The van der Waals surface area contributed by atoms with Gasteiger partial charge in [0.25, 0.3) is 11.6 Å². The molecule has 1 fully saturated rings. The Balaban J connectivity index is 0.000000858. The number of aliphatic hydroxyl groups is 8. The summed E-state index contributed by atoms with van der Waals surface area (Å²) in [5, 5.41) is 90.7. The van der Waals surface area contributed by atoms with Gasteiger partial charge in [-0.05, 0) is 6.07 Å². The van der Waals surface area contributed by atoms with Gasteiger partial charge in [0.15, 0.2) is 0 Å². The number of nitriles is 1. The highest BCUT2D eigenvalue weighted by molar-refractivity contribution is 5.89. The van der Waals surface area contributed by atoms with Crippen molar-refractivity contribution in [1.82, 2.24) is 24.7 Å². The van der Waals surface area contributed by atoms with Crippen molar-refractivity contribution in [2.24, 2.45) is 5.92 Å². The molecule has 0 aromatic carbocycles. The molecule has 4 rings (SSSR count). The lowest BCUT2D eigenvalue weighted by Crippen LogP contribution is -2.66. The quantitative estimate of drug-likeness (QED) is 0.183. The van der Waals surface area contributed by atoms with E-state index in [1.54, 1.807) is 18.3 Å². The molecule has 0 unspecified atom stereocenters. The standard InChI is InChI=1S/C15H17N5O8.C2H3N/c21-12(22)9(13(23,24)15(27,28)14(12,25)26)5-20-4-7(3-19-20)10-8-1-2-16-11(8)18-6-17-10;1-2-3/h1-4,6,9,21-28H,5H2,(H,16,17,18);1H3. The first-order valence-corrected chi connectivity index (χ1v) is 8.73. The molecule has 0 bridgehead atoms. The smallest absolute Gasteiger partial charge is 0.280 e. The van der Waals surface area contributed by atoms with Crippen LogP contribution in [0.25, 0.3) is 22.3 Å². The predicted molar refractivity (Wildman–Crippen MR) is 98.6 cm³/mol. The molecular weight excluding hydrogens is 416 g/mol. The number of nitrogens with zero attached hydrogens (tertiary/aromatic N) is 5. The fourth-order valence-corrected chi connectivity index (χ4v) is 3.41. The predicted octanol–water partition coefficient (Wildman–Crippen LogP) is -3.30. The van der Waals surface area contributed by atoms with Gasteiger partial charge in [0.1, 0.15) is 12.0 Å². The minimum atomic E-state index is -4.06. The Bertz CT molecular complexity index is 1100. The summed E-state index contributed by atoms with van der Waals surface area (Å²) >= 11 is 0.